The second-order valence-corrected chi connectivity index (χ2v) is 6.03. The highest BCUT2D eigenvalue weighted by Gasteiger charge is 2.00. The highest BCUT2D eigenvalue weighted by atomic mass is 32.2. The van der Waals surface area contributed by atoms with Crippen molar-refractivity contribution in [2.45, 2.75) is 37.1 Å². The first-order chi connectivity index (χ1) is 9.63. The quantitative estimate of drug-likeness (QED) is 0.814. The molecule has 1 aromatic heterocycles. The summed E-state index contributed by atoms with van der Waals surface area (Å²) in [5.74, 6) is 0.451. The Hall–Kier alpha value is -1.39. The number of halogens is 1. The number of pyridine rings is 1. The van der Waals surface area contributed by atoms with Gasteiger partial charge in [-0.05, 0) is 29.3 Å². The van der Waals surface area contributed by atoms with Crippen molar-refractivity contribution < 1.29 is 4.39 Å². The number of aromatic nitrogens is 1. The summed E-state index contributed by atoms with van der Waals surface area (Å²) in [6.45, 7) is 5.16. The maximum absolute atomic E-state index is 13.0. The van der Waals surface area contributed by atoms with Gasteiger partial charge in [0.15, 0.2) is 0 Å². The molecule has 0 saturated carbocycles. The molecule has 1 aromatic carbocycles. The van der Waals surface area contributed by atoms with Crippen molar-refractivity contribution in [1.29, 1.82) is 0 Å². The third-order valence-electron chi connectivity index (χ3n) is 2.80. The van der Waals surface area contributed by atoms with E-state index < -0.39 is 0 Å². The summed E-state index contributed by atoms with van der Waals surface area (Å²) in [6.07, 6.45) is 2.93. The monoisotopic (exact) mass is 290 g/mol. The van der Waals surface area contributed by atoms with E-state index in [1.54, 1.807) is 18.0 Å². The summed E-state index contributed by atoms with van der Waals surface area (Å²) < 4.78 is 13.0. The second kappa shape index (κ2) is 7.41. The Morgan fingerprint density at radius 1 is 1.15 bits per heavy atom. The van der Waals surface area contributed by atoms with Gasteiger partial charge < -0.3 is 5.32 Å². The van der Waals surface area contributed by atoms with Crippen LogP contribution in [0.2, 0.25) is 0 Å². The maximum Gasteiger partial charge on any atom is 0.141 e. The van der Waals surface area contributed by atoms with Gasteiger partial charge in [-0.25, -0.2) is 4.39 Å². The van der Waals surface area contributed by atoms with Gasteiger partial charge in [0.05, 0.1) is 6.20 Å². The van der Waals surface area contributed by atoms with Crippen LogP contribution in [0.25, 0.3) is 0 Å². The fourth-order valence-electron chi connectivity index (χ4n) is 1.73. The molecular weight excluding hydrogens is 271 g/mol. The van der Waals surface area contributed by atoms with Crippen molar-refractivity contribution in [3.05, 3.63) is 59.7 Å². The molecule has 0 unspecified atom stereocenters. The number of nitrogens with one attached hydrogen (secondary N) is 1. The fraction of sp³-hybridized carbons (Fsp3) is 0.312. The van der Waals surface area contributed by atoms with Gasteiger partial charge in [-0.2, -0.15) is 0 Å². The lowest BCUT2D eigenvalue weighted by Crippen LogP contribution is -2.21. The van der Waals surface area contributed by atoms with Crippen molar-refractivity contribution in [1.82, 2.24) is 10.3 Å². The number of nitrogens with zero attached hydrogens (tertiary/aromatic N) is 1. The smallest absolute Gasteiger partial charge is 0.141 e. The van der Waals surface area contributed by atoms with Gasteiger partial charge in [-0.1, -0.05) is 26.0 Å². The molecule has 0 aliphatic rings. The van der Waals surface area contributed by atoms with Gasteiger partial charge in [-0.3, -0.25) is 4.98 Å². The van der Waals surface area contributed by atoms with E-state index in [1.165, 1.54) is 22.7 Å². The molecule has 0 atom stereocenters. The highest BCUT2D eigenvalue weighted by molar-refractivity contribution is 7.98. The Morgan fingerprint density at radius 2 is 1.90 bits per heavy atom. The van der Waals surface area contributed by atoms with E-state index in [2.05, 4.69) is 48.4 Å². The Labute approximate surface area is 123 Å². The van der Waals surface area contributed by atoms with Crippen LogP contribution in [0, 0.1) is 5.82 Å². The van der Waals surface area contributed by atoms with E-state index in [1.807, 2.05) is 0 Å². The average Bonchev–Trinajstić information content (AvgIpc) is 2.44. The Kier molecular flexibility index (Phi) is 5.56. The maximum atomic E-state index is 13.0. The van der Waals surface area contributed by atoms with Crippen molar-refractivity contribution in [3.8, 4) is 0 Å². The molecular formula is C16H19FN2S. The third kappa shape index (κ3) is 4.94. The Morgan fingerprint density at radius 3 is 2.55 bits per heavy atom. The largest absolute Gasteiger partial charge is 0.310 e. The highest BCUT2D eigenvalue weighted by Crippen LogP contribution is 2.23. The Balaban J connectivity index is 1.87. The minimum atomic E-state index is -0.279. The van der Waals surface area contributed by atoms with Crippen LogP contribution >= 0.6 is 11.8 Å². The molecule has 0 amide bonds. The molecule has 106 valence electrons. The van der Waals surface area contributed by atoms with Crippen LogP contribution in [-0.2, 0) is 12.3 Å². The Bertz CT molecular complexity index is 540. The predicted octanol–water partition coefficient (Wildman–Crippen LogP) is 4.01. The van der Waals surface area contributed by atoms with Crippen LogP contribution in [0.15, 0.2) is 47.6 Å². The summed E-state index contributed by atoms with van der Waals surface area (Å²) >= 11 is 1.69. The molecule has 2 nitrogen and oxygen atoms in total. The number of rotatable bonds is 6. The lowest BCUT2D eigenvalue weighted by molar-refractivity contribution is 0.588. The first-order valence-corrected chi connectivity index (χ1v) is 7.66. The number of hydrogen-bond donors (Lipinski definition) is 1. The molecule has 0 saturated heterocycles. The van der Waals surface area contributed by atoms with Crippen molar-refractivity contribution >= 4 is 11.8 Å². The fourth-order valence-corrected chi connectivity index (χ4v) is 2.55. The zero-order valence-electron chi connectivity index (χ0n) is 11.8. The molecule has 0 spiro atoms. The van der Waals surface area contributed by atoms with Gasteiger partial charge >= 0.3 is 0 Å². The standard InChI is InChI=1S/C16H19FN2S/c1-12(2)19-9-13-3-5-16(6-4-13)20-11-14-7-15(17)10-18-8-14/h3-8,10,12,19H,9,11H2,1-2H3. The van der Waals surface area contributed by atoms with Crippen LogP contribution in [-0.4, -0.2) is 11.0 Å². The number of thioether (sulfide) groups is 1. The van der Waals surface area contributed by atoms with Gasteiger partial charge in [0.2, 0.25) is 0 Å². The molecule has 0 aliphatic carbocycles. The summed E-state index contributed by atoms with van der Waals surface area (Å²) in [4.78, 5) is 5.04. The van der Waals surface area contributed by atoms with E-state index in [4.69, 9.17) is 0 Å². The first-order valence-electron chi connectivity index (χ1n) is 6.68. The predicted molar refractivity (Wildman–Crippen MR) is 82.2 cm³/mol. The molecule has 0 radical (unpaired) electrons. The summed E-state index contributed by atoms with van der Waals surface area (Å²) in [5.41, 5.74) is 2.18. The topological polar surface area (TPSA) is 24.9 Å². The molecule has 20 heavy (non-hydrogen) atoms. The van der Waals surface area contributed by atoms with Crippen molar-refractivity contribution in [2.24, 2.45) is 0 Å². The summed E-state index contributed by atoms with van der Waals surface area (Å²) in [6, 6.07) is 10.5. The lowest BCUT2D eigenvalue weighted by Gasteiger charge is -2.08. The zero-order chi connectivity index (χ0) is 14.4. The van der Waals surface area contributed by atoms with Crippen LogP contribution in [0.3, 0.4) is 0 Å². The molecule has 0 bridgehead atoms. The minimum absolute atomic E-state index is 0.279. The van der Waals surface area contributed by atoms with Crippen LogP contribution < -0.4 is 5.32 Å². The van der Waals surface area contributed by atoms with Gasteiger partial charge in [0.25, 0.3) is 0 Å². The SMILES string of the molecule is CC(C)NCc1ccc(SCc2cncc(F)c2)cc1. The van der Waals surface area contributed by atoms with Gasteiger partial charge in [-0.15, -0.1) is 11.8 Å². The average molecular weight is 290 g/mol. The van der Waals surface area contributed by atoms with Crippen molar-refractivity contribution in [3.63, 3.8) is 0 Å². The molecule has 1 N–H and O–H groups in total. The zero-order valence-corrected chi connectivity index (χ0v) is 12.6. The van der Waals surface area contributed by atoms with E-state index in [0.29, 0.717) is 6.04 Å². The molecule has 4 heteroatoms. The van der Waals surface area contributed by atoms with Crippen molar-refractivity contribution in [2.75, 3.05) is 0 Å². The lowest BCUT2D eigenvalue weighted by atomic mass is 10.2. The molecule has 0 fully saturated rings. The minimum Gasteiger partial charge on any atom is -0.310 e. The third-order valence-corrected chi connectivity index (χ3v) is 3.89. The number of benzene rings is 1. The first kappa shape index (κ1) is 15.0. The van der Waals surface area contributed by atoms with Crippen LogP contribution in [0.4, 0.5) is 4.39 Å². The number of hydrogen-bond acceptors (Lipinski definition) is 3. The second-order valence-electron chi connectivity index (χ2n) is 4.98. The van der Waals surface area contributed by atoms with E-state index in [9.17, 15) is 4.39 Å². The van der Waals surface area contributed by atoms with Crippen LogP contribution in [0.5, 0.6) is 0 Å². The molecule has 0 aliphatic heterocycles. The van der Waals surface area contributed by atoms with Gasteiger partial charge in [0, 0.05) is 29.4 Å². The molecule has 2 aromatic rings. The van der Waals surface area contributed by atoms with Crippen LogP contribution in [0.1, 0.15) is 25.0 Å². The molecule has 2 rings (SSSR count). The van der Waals surface area contributed by atoms with E-state index in [0.717, 1.165) is 17.9 Å². The van der Waals surface area contributed by atoms with E-state index >= 15 is 0 Å². The normalized spacial score (nSPS) is 11.0. The summed E-state index contributed by atoms with van der Waals surface area (Å²) in [5, 5.41) is 3.39. The summed E-state index contributed by atoms with van der Waals surface area (Å²) in [7, 11) is 0. The van der Waals surface area contributed by atoms with E-state index in [-0.39, 0.29) is 5.82 Å². The van der Waals surface area contributed by atoms with Gasteiger partial charge in [0.1, 0.15) is 5.82 Å². The molecule has 1 heterocycles.